The molecule has 3 aromatic rings. The van der Waals surface area contributed by atoms with Gasteiger partial charge in [0.1, 0.15) is 11.6 Å². The molecule has 2 aromatic carbocycles. The Bertz CT molecular complexity index is 1020. The third-order valence-corrected chi connectivity index (χ3v) is 5.36. The van der Waals surface area contributed by atoms with Crippen LogP contribution in [0.2, 0.25) is 0 Å². The van der Waals surface area contributed by atoms with E-state index < -0.39 is 0 Å². The number of hydrogen-bond donors (Lipinski definition) is 2. The van der Waals surface area contributed by atoms with E-state index >= 15 is 0 Å². The van der Waals surface area contributed by atoms with Crippen LogP contribution < -0.4 is 15.4 Å². The summed E-state index contributed by atoms with van der Waals surface area (Å²) in [6.45, 7) is 8.16. The lowest BCUT2D eigenvalue weighted by Crippen LogP contribution is -2.39. The second-order valence-corrected chi connectivity index (χ2v) is 7.79. The van der Waals surface area contributed by atoms with Gasteiger partial charge in [-0.2, -0.15) is 0 Å². The van der Waals surface area contributed by atoms with E-state index in [2.05, 4.69) is 58.9 Å². The number of aliphatic imine (C=N–C) groups is 1. The molecule has 0 saturated heterocycles. The Morgan fingerprint density at radius 2 is 1.84 bits per heavy atom. The van der Waals surface area contributed by atoms with E-state index in [4.69, 9.17) is 9.73 Å². The molecule has 32 heavy (non-hydrogen) atoms. The van der Waals surface area contributed by atoms with Crippen molar-refractivity contribution in [3.05, 3.63) is 76.9 Å². The van der Waals surface area contributed by atoms with Crippen molar-refractivity contribution in [1.82, 2.24) is 25.4 Å². The molecule has 0 radical (unpaired) electrons. The number of hydrogen-bond acceptors (Lipinski definition) is 4. The maximum atomic E-state index is 5.24. The molecule has 1 unspecified atom stereocenters. The number of aromatic nitrogens is 3. The lowest BCUT2D eigenvalue weighted by Gasteiger charge is -2.17. The Hall–Kier alpha value is -2.62. The van der Waals surface area contributed by atoms with Crippen LogP contribution in [0, 0.1) is 13.8 Å². The molecule has 0 saturated carbocycles. The van der Waals surface area contributed by atoms with E-state index in [0.717, 1.165) is 35.5 Å². The van der Waals surface area contributed by atoms with Crippen molar-refractivity contribution in [2.24, 2.45) is 12.0 Å². The first-order valence-corrected chi connectivity index (χ1v) is 10.5. The number of benzene rings is 2. The minimum Gasteiger partial charge on any atom is -0.497 e. The summed E-state index contributed by atoms with van der Waals surface area (Å²) >= 11 is 0. The Kier molecular flexibility index (Phi) is 9.96. The number of ether oxygens (including phenoxy) is 1. The molecule has 0 aliphatic rings. The van der Waals surface area contributed by atoms with Gasteiger partial charge >= 0.3 is 0 Å². The zero-order valence-corrected chi connectivity index (χ0v) is 21.8. The number of guanidine groups is 1. The van der Waals surface area contributed by atoms with Crippen molar-refractivity contribution < 1.29 is 4.74 Å². The molecule has 0 aliphatic heterocycles. The minimum absolute atomic E-state index is 0. The summed E-state index contributed by atoms with van der Waals surface area (Å²) in [5.41, 5.74) is 3.70. The first-order valence-electron chi connectivity index (χ1n) is 10.5. The van der Waals surface area contributed by atoms with Gasteiger partial charge in [-0.15, -0.1) is 34.2 Å². The zero-order chi connectivity index (χ0) is 22.2. The summed E-state index contributed by atoms with van der Waals surface area (Å²) in [6.07, 6.45) is 0. The van der Waals surface area contributed by atoms with Gasteiger partial charge < -0.3 is 19.9 Å². The second kappa shape index (κ2) is 12.4. The summed E-state index contributed by atoms with van der Waals surface area (Å²) < 4.78 is 7.21. The largest absolute Gasteiger partial charge is 0.497 e. The molecular formula is C24H33IN6O. The fraction of sp³-hybridized carbons (Fsp3) is 0.375. The normalized spacial score (nSPS) is 12.1. The van der Waals surface area contributed by atoms with Crippen LogP contribution in [-0.2, 0) is 20.1 Å². The zero-order valence-electron chi connectivity index (χ0n) is 19.4. The number of nitrogens with zero attached hydrogens (tertiary/aromatic N) is 4. The van der Waals surface area contributed by atoms with Crippen LogP contribution in [0.25, 0.3) is 0 Å². The molecule has 0 fully saturated rings. The molecule has 0 spiro atoms. The highest BCUT2D eigenvalue weighted by molar-refractivity contribution is 14.0. The van der Waals surface area contributed by atoms with Crippen LogP contribution in [0.3, 0.4) is 0 Å². The number of methoxy groups -OCH3 is 1. The average Bonchev–Trinajstić information content (AvgIpc) is 3.11. The van der Waals surface area contributed by atoms with E-state index in [1.54, 1.807) is 7.11 Å². The molecule has 0 bridgehead atoms. The lowest BCUT2D eigenvalue weighted by atomic mass is 9.99. The molecular weight excluding hydrogens is 515 g/mol. The predicted molar refractivity (Wildman–Crippen MR) is 140 cm³/mol. The SMILES string of the molecule is COc1ccc(CN=C(NCc2nnc(C)n2C)NCC(C)c2cccc(C)c2)cc1.I. The van der Waals surface area contributed by atoms with Gasteiger partial charge in [0.25, 0.3) is 0 Å². The van der Waals surface area contributed by atoms with Gasteiger partial charge in [-0.3, -0.25) is 0 Å². The number of halogens is 1. The second-order valence-electron chi connectivity index (χ2n) is 7.79. The predicted octanol–water partition coefficient (Wildman–Crippen LogP) is 4.10. The quantitative estimate of drug-likeness (QED) is 0.252. The molecule has 1 heterocycles. The summed E-state index contributed by atoms with van der Waals surface area (Å²) in [5.74, 6) is 3.69. The third kappa shape index (κ3) is 7.22. The first-order chi connectivity index (χ1) is 15.0. The topological polar surface area (TPSA) is 76.4 Å². The van der Waals surface area contributed by atoms with Gasteiger partial charge in [0, 0.05) is 13.6 Å². The Labute approximate surface area is 207 Å². The van der Waals surface area contributed by atoms with Crippen LogP contribution in [0.15, 0.2) is 53.5 Å². The highest BCUT2D eigenvalue weighted by atomic mass is 127. The number of nitrogens with one attached hydrogen (secondary N) is 2. The van der Waals surface area contributed by atoms with E-state index in [1.165, 1.54) is 11.1 Å². The standard InChI is InChI=1S/C24H32N6O.HI/c1-17-7-6-8-21(13-17)18(2)14-25-24(27-16-23-29-28-19(3)30(23)4)26-15-20-9-11-22(31-5)12-10-20;/h6-13,18H,14-16H2,1-5H3,(H2,25,26,27);1H. The molecule has 0 aliphatic carbocycles. The molecule has 0 amide bonds. The van der Waals surface area contributed by atoms with Crippen LogP contribution in [0.5, 0.6) is 5.75 Å². The van der Waals surface area contributed by atoms with Gasteiger partial charge in [0.15, 0.2) is 11.8 Å². The summed E-state index contributed by atoms with van der Waals surface area (Å²) in [6, 6.07) is 16.6. The smallest absolute Gasteiger partial charge is 0.191 e. The molecule has 172 valence electrons. The lowest BCUT2D eigenvalue weighted by molar-refractivity contribution is 0.414. The van der Waals surface area contributed by atoms with Crippen LogP contribution in [0.4, 0.5) is 0 Å². The van der Waals surface area contributed by atoms with Crippen molar-refractivity contribution >= 4 is 29.9 Å². The molecule has 3 rings (SSSR count). The Morgan fingerprint density at radius 1 is 1.09 bits per heavy atom. The van der Waals surface area contributed by atoms with Crippen molar-refractivity contribution in [3.8, 4) is 5.75 Å². The third-order valence-electron chi connectivity index (χ3n) is 5.36. The van der Waals surface area contributed by atoms with Crippen LogP contribution in [0.1, 0.15) is 41.2 Å². The number of aryl methyl sites for hydroxylation is 2. The van der Waals surface area contributed by atoms with Gasteiger partial charge in [-0.05, 0) is 43.0 Å². The monoisotopic (exact) mass is 548 g/mol. The fourth-order valence-electron chi connectivity index (χ4n) is 3.19. The first kappa shape index (κ1) is 25.6. The van der Waals surface area contributed by atoms with Gasteiger partial charge in [-0.25, -0.2) is 4.99 Å². The molecule has 8 heteroatoms. The highest BCUT2D eigenvalue weighted by Crippen LogP contribution is 2.15. The van der Waals surface area contributed by atoms with Crippen molar-refractivity contribution in [3.63, 3.8) is 0 Å². The summed E-state index contributed by atoms with van der Waals surface area (Å²) in [4.78, 5) is 4.78. The molecule has 1 atom stereocenters. The van der Waals surface area contributed by atoms with E-state index in [1.807, 2.05) is 42.8 Å². The van der Waals surface area contributed by atoms with Gasteiger partial charge in [0.2, 0.25) is 0 Å². The van der Waals surface area contributed by atoms with Crippen molar-refractivity contribution in [2.75, 3.05) is 13.7 Å². The van der Waals surface area contributed by atoms with E-state index in [-0.39, 0.29) is 24.0 Å². The molecule has 1 aromatic heterocycles. The average molecular weight is 548 g/mol. The van der Waals surface area contributed by atoms with Crippen molar-refractivity contribution in [2.45, 2.75) is 39.8 Å². The van der Waals surface area contributed by atoms with Gasteiger partial charge in [0.05, 0.1) is 20.2 Å². The fourth-order valence-corrected chi connectivity index (χ4v) is 3.19. The minimum atomic E-state index is 0. The maximum Gasteiger partial charge on any atom is 0.191 e. The maximum absolute atomic E-state index is 5.24. The van der Waals surface area contributed by atoms with E-state index in [9.17, 15) is 0 Å². The van der Waals surface area contributed by atoms with Crippen molar-refractivity contribution in [1.29, 1.82) is 0 Å². The van der Waals surface area contributed by atoms with Crippen LogP contribution >= 0.6 is 24.0 Å². The highest BCUT2D eigenvalue weighted by Gasteiger charge is 2.09. The molecule has 2 N–H and O–H groups in total. The summed E-state index contributed by atoms with van der Waals surface area (Å²) in [5, 5.41) is 15.2. The van der Waals surface area contributed by atoms with Gasteiger partial charge in [-0.1, -0.05) is 48.9 Å². The number of rotatable bonds is 8. The van der Waals surface area contributed by atoms with E-state index in [0.29, 0.717) is 19.0 Å². The Balaban J connectivity index is 0.00000363. The van der Waals surface area contributed by atoms with Crippen LogP contribution in [-0.4, -0.2) is 34.4 Å². The molecule has 7 nitrogen and oxygen atoms in total. The summed E-state index contributed by atoms with van der Waals surface area (Å²) in [7, 11) is 3.64. The Morgan fingerprint density at radius 3 is 2.47 bits per heavy atom.